The van der Waals surface area contributed by atoms with Crippen LogP contribution in [0.5, 0.6) is 0 Å². The average Bonchev–Trinajstić information content (AvgIpc) is 2.62. The summed E-state index contributed by atoms with van der Waals surface area (Å²) in [7, 11) is 0. The van der Waals surface area contributed by atoms with E-state index in [1.807, 2.05) is 13.8 Å². The predicted molar refractivity (Wildman–Crippen MR) is 96.3 cm³/mol. The molecule has 0 radical (unpaired) electrons. The van der Waals surface area contributed by atoms with E-state index in [9.17, 15) is 9.59 Å². The van der Waals surface area contributed by atoms with Crippen molar-refractivity contribution in [3.8, 4) is 0 Å². The lowest BCUT2D eigenvalue weighted by Crippen LogP contribution is -2.51. The molecule has 2 atom stereocenters. The van der Waals surface area contributed by atoms with Gasteiger partial charge in [0.05, 0.1) is 0 Å². The molecule has 1 aliphatic heterocycles. The highest BCUT2D eigenvalue weighted by atomic mass is 16.2. The lowest BCUT2D eigenvalue weighted by molar-refractivity contribution is -0.121. The minimum Gasteiger partial charge on any atom is -0.354 e. The first-order chi connectivity index (χ1) is 12.1. The van der Waals surface area contributed by atoms with E-state index in [-0.39, 0.29) is 30.4 Å². The molecular weight excluding hydrogens is 320 g/mol. The molecule has 8 heteroatoms. The highest BCUT2D eigenvalue weighted by Gasteiger charge is 2.22. The Morgan fingerprint density at radius 1 is 1.36 bits per heavy atom. The summed E-state index contributed by atoms with van der Waals surface area (Å²) in [6.45, 7) is 5.88. The smallest absolute Gasteiger partial charge is 0.315 e. The molecule has 0 spiro atoms. The molecule has 3 N–H and O–H groups in total. The molecule has 0 bridgehead atoms. The first kappa shape index (κ1) is 19.0. The van der Waals surface area contributed by atoms with Crippen molar-refractivity contribution in [1.29, 1.82) is 0 Å². The Labute approximate surface area is 148 Å². The van der Waals surface area contributed by atoms with Crippen LogP contribution in [0.25, 0.3) is 0 Å². The zero-order chi connectivity index (χ0) is 18.1. The molecule has 25 heavy (non-hydrogen) atoms. The average molecular weight is 348 g/mol. The van der Waals surface area contributed by atoms with Crippen LogP contribution in [0.3, 0.4) is 0 Å². The van der Waals surface area contributed by atoms with Crippen LogP contribution in [0.1, 0.15) is 39.5 Å². The summed E-state index contributed by atoms with van der Waals surface area (Å²) in [5.74, 6) is 0.649. The van der Waals surface area contributed by atoms with Gasteiger partial charge in [-0.15, -0.1) is 0 Å². The first-order valence-corrected chi connectivity index (χ1v) is 8.94. The maximum absolute atomic E-state index is 12.0. The van der Waals surface area contributed by atoms with E-state index in [2.05, 4.69) is 30.8 Å². The summed E-state index contributed by atoms with van der Waals surface area (Å²) < 4.78 is 0. The Morgan fingerprint density at radius 2 is 2.12 bits per heavy atom. The Kier molecular flexibility index (Phi) is 7.43. The summed E-state index contributed by atoms with van der Waals surface area (Å²) >= 11 is 0. The molecule has 0 unspecified atom stereocenters. The fraction of sp³-hybridized carbons (Fsp3) is 0.647. The number of amides is 3. The lowest BCUT2D eigenvalue weighted by Gasteiger charge is -2.33. The van der Waals surface area contributed by atoms with Crippen molar-refractivity contribution in [2.75, 3.05) is 24.5 Å². The number of carbonyl (C=O) groups excluding carboxylic acids is 2. The Bertz CT molecular complexity index is 553. The fourth-order valence-corrected chi connectivity index (χ4v) is 2.71. The van der Waals surface area contributed by atoms with Crippen LogP contribution in [0, 0.1) is 0 Å². The monoisotopic (exact) mass is 348 g/mol. The van der Waals surface area contributed by atoms with E-state index >= 15 is 0 Å². The quantitative estimate of drug-likeness (QED) is 0.684. The van der Waals surface area contributed by atoms with Gasteiger partial charge >= 0.3 is 6.03 Å². The summed E-state index contributed by atoms with van der Waals surface area (Å²) in [5.41, 5.74) is 0. The van der Waals surface area contributed by atoms with E-state index in [0.717, 1.165) is 25.8 Å². The molecule has 0 saturated carbocycles. The highest BCUT2D eigenvalue weighted by Crippen LogP contribution is 2.15. The van der Waals surface area contributed by atoms with Gasteiger partial charge < -0.3 is 20.9 Å². The van der Waals surface area contributed by atoms with Gasteiger partial charge in [0.25, 0.3) is 0 Å². The van der Waals surface area contributed by atoms with Crippen LogP contribution in [0.4, 0.5) is 10.7 Å². The van der Waals surface area contributed by atoms with Crippen LogP contribution in [0.2, 0.25) is 0 Å². The van der Waals surface area contributed by atoms with Crippen molar-refractivity contribution >= 4 is 17.9 Å². The zero-order valence-corrected chi connectivity index (χ0v) is 15.0. The maximum atomic E-state index is 12.0. The van der Waals surface area contributed by atoms with Gasteiger partial charge in [-0.2, -0.15) is 0 Å². The van der Waals surface area contributed by atoms with Crippen molar-refractivity contribution in [3.63, 3.8) is 0 Å². The van der Waals surface area contributed by atoms with Crippen molar-refractivity contribution in [1.82, 2.24) is 25.9 Å². The fourth-order valence-electron chi connectivity index (χ4n) is 2.71. The van der Waals surface area contributed by atoms with Crippen LogP contribution >= 0.6 is 0 Å². The molecule has 1 aromatic heterocycles. The number of anilines is 1. The molecule has 3 amide bonds. The van der Waals surface area contributed by atoms with Gasteiger partial charge in [0, 0.05) is 50.5 Å². The van der Waals surface area contributed by atoms with Gasteiger partial charge in [-0.3, -0.25) is 4.79 Å². The number of urea groups is 1. The van der Waals surface area contributed by atoms with Crippen LogP contribution in [-0.4, -0.2) is 53.6 Å². The summed E-state index contributed by atoms with van der Waals surface area (Å²) in [5, 5.41) is 8.59. The number of hydrogen-bond acceptors (Lipinski definition) is 5. The molecule has 1 aromatic rings. The Morgan fingerprint density at radius 3 is 2.84 bits per heavy atom. The third kappa shape index (κ3) is 6.56. The normalized spacial score (nSPS) is 18.3. The Hall–Kier alpha value is -2.38. The number of rotatable bonds is 7. The summed E-state index contributed by atoms with van der Waals surface area (Å²) in [6.07, 6.45) is 6.51. The third-order valence-electron chi connectivity index (χ3n) is 4.25. The van der Waals surface area contributed by atoms with Crippen molar-refractivity contribution in [3.05, 3.63) is 18.5 Å². The molecule has 2 rings (SSSR count). The third-order valence-corrected chi connectivity index (χ3v) is 4.25. The topological polar surface area (TPSA) is 99.2 Å². The number of hydrogen-bond donors (Lipinski definition) is 3. The van der Waals surface area contributed by atoms with E-state index in [1.165, 1.54) is 0 Å². The van der Waals surface area contributed by atoms with Gasteiger partial charge in [0.2, 0.25) is 11.9 Å². The molecule has 1 fully saturated rings. The second kappa shape index (κ2) is 9.80. The second-order valence-corrected chi connectivity index (χ2v) is 6.36. The molecule has 1 saturated heterocycles. The lowest BCUT2D eigenvalue weighted by atomic mass is 10.1. The Balaban J connectivity index is 1.69. The number of aromatic nitrogens is 2. The molecule has 0 aliphatic carbocycles. The number of piperidine rings is 1. The van der Waals surface area contributed by atoms with E-state index in [0.29, 0.717) is 19.0 Å². The number of carbonyl (C=O) groups is 2. The van der Waals surface area contributed by atoms with Crippen molar-refractivity contribution in [2.24, 2.45) is 0 Å². The minimum absolute atomic E-state index is 0.0419. The van der Waals surface area contributed by atoms with Gasteiger partial charge in [-0.05, 0) is 32.3 Å². The first-order valence-electron chi connectivity index (χ1n) is 8.94. The molecule has 8 nitrogen and oxygen atoms in total. The highest BCUT2D eigenvalue weighted by molar-refractivity contribution is 5.78. The largest absolute Gasteiger partial charge is 0.354 e. The molecule has 1 aliphatic rings. The molecule has 138 valence electrons. The molecule has 0 aromatic carbocycles. The van der Waals surface area contributed by atoms with Crippen LogP contribution in [0.15, 0.2) is 18.5 Å². The second-order valence-electron chi connectivity index (χ2n) is 6.36. The summed E-state index contributed by atoms with van der Waals surface area (Å²) in [4.78, 5) is 34.3. The molecule has 2 heterocycles. The van der Waals surface area contributed by atoms with E-state index in [4.69, 9.17) is 0 Å². The van der Waals surface area contributed by atoms with E-state index in [1.54, 1.807) is 18.5 Å². The number of nitrogens with zero attached hydrogens (tertiary/aromatic N) is 3. The van der Waals surface area contributed by atoms with E-state index < -0.39 is 0 Å². The summed E-state index contributed by atoms with van der Waals surface area (Å²) in [6, 6.07) is 1.76. The maximum Gasteiger partial charge on any atom is 0.315 e. The van der Waals surface area contributed by atoms with Gasteiger partial charge in [0.15, 0.2) is 0 Å². The SMILES string of the molecule is CC[C@@H](C)NC(=O)CCNC(=O)N[C@H]1CCCN(c2ncccn2)C1. The van der Waals surface area contributed by atoms with Gasteiger partial charge in [-0.25, -0.2) is 14.8 Å². The number of nitrogens with one attached hydrogen (secondary N) is 3. The zero-order valence-electron chi connectivity index (χ0n) is 15.0. The standard InChI is InChI=1S/C17H28N6O2/c1-3-13(2)21-15(24)7-10-20-17(25)22-14-6-4-11-23(12-14)16-18-8-5-9-19-16/h5,8-9,13-14H,3-4,6-7,10-12H2,1-2H3,(H,21,24)(H2,20,22,25)/t13-,14+/m1/s1. The predicted octanol–water partition coefficient (Wildman–Crippen LogP) is 1.05. The van der Waals surface area contributed by atoms with Crippen LogP contribution in [-0.2, 0) is 4.79 Å². The van der Waals surface area contributed by atoms with Gasteiger partial charge in [-0.1, -0.05) is 6.92 Å². The minimum atomic E-state index is -0.239. The van der Waals surface area contributed by atoms with Crippen molar-refractivity contribution < 1.29 is 9.59 Å². The van der Waals surface area contributed by atoms with Gasteiger partial charge in [0.1, 0.15) is 0 Å². The van der Waals surface area contributed by atoms with Crippen LogP contribution < -0.4 is 20.9 Å². The molecular formula is C17H28N6O2. The van der Waals surface area contributed by atoms with Crippen molar-refractivity contribution in [2.45, 2.75) is 51.6 Å².